The fourth-order valence-electron chi connectivity index (χ4n) is 1.59. The van der Waals surface area contributed by atoms with E-state index in [0.29, 0.717) is 13.2 Å². The summed E-state index contributed by atoms with van der Waals surface area (Å²) in [5.74, 6) is 3.17. The van der Waals surface area contributed by atoms with Crippen molar-refractivity contribution in [1.82, 2.24) is 0 Å². The number of benzene rings is 1. The second kappa shape index (κ2) is 5.55. The van der Waals surface area contributed by atoms with Crippen LogP contribution in [0, 0.1) is 12.3 Å². The monoisotopic (exact) mass is 218 g/mol. The Hall–Kier alpha value is -1.50. The van der Waals surface area contributed by atoms with Crippen LogP contribution < -0.4 is 4.74 Å². The average Bonchev–Trinajstić information content (AvgIpc) is 2.38. The van der Waals surface area contributed by atoms with E-state index in [1.54, 1.807) is 0 Å². The highest BCUT2D eigenvalue weighted by Crippen LogP contribution is 2.30. The molecule has 1 fully saturated rings. The normalized spacial score (nSPS) is 16.7. The van der Waals surface area contributed by atoms with Crippen molar-refractivity contribution in [2.45, 2.75) is 12.7 Å². The molecule has 1 aromatic carbocycles. The number of hydrogen-bond acceptors (Lipinski definition) is 3. The minimum absolute atomic E-state index is 0.254. The zero-order chi connectivity index (χ0) is 11.2. The first kappa shape index (κ1) is 11.0. The van der Waals surface area contributed by atoms with Crippen LogP contribution in [-0.2, 0) is 9.47 Å². The third kappa shape index (κ3) is 2.54. The molecule has 1 aromatic rings. The maximum absolute atomic E-state index is 5.53. The van der Waals surface area contributed by atoms with Crippen molar-refractivity contribution in [3.8, 4) is 18.1 Å². The molecule has 1 saturated heterocycles. The Labute approximate surface area is 95.3 Å². The van der Waals surface area contributed by atoms with E-state index in [-0.39, 0.29) is 12.9 Å². The Morgan fingerprint density at radius 3 is 2.81 bits per heavy atom. The van der Waals surface area contributed by atoms with Gasteiger partial charge in [0.15, 0.2) is 6.29 Å². The second-order valence-electron chi connectivity index (χ2n) is 3.46. The summed E-state index contributed by atoms with van der Waals surface area (Å²) in [4.78, 5) is 0. The van der Waals surface area contributed by atoms with Gasteiger partial charge < -0.3 is 14.2 Å². The smallest absolute Gasteiger partial charge is 0.187 e. The Morgan fingerprint density at radius 2 is 2.06 bits per heavy atom. The van der Waals surface area contributed by atoms with Crippen molar-refractivity contribution in [3.05, 3.63) is 29.8 Å². The third-order valence-electron chi connectivity index (χ3n) is 2.31. The molecule has 0 bridgehead atoms. The van der Waals surface area contributed by atoms with Crippen LogP contribution in [0.1, 0.15) is 18.3 Å². The highest BCUT2D eigenvalue weighted by Gasteiger charge is 2.19. The topological polar surface area (TPSA) is 27.7 Å². The van der Waals surface area contributed by atoms with Crippen molar-refractivity contribution in [3.63, 3.8) is 0 Å². The van der Waals surface area contributed by atoms with Crippen molar-refractivity contribution in [1.29, 1.82) is 0 Å². The second-order valence-corrected chi connectivity index (χ2v) is 3.46. The summed E-state index contributed by atoms with van der Waals surface area (Å²) in [6.45, 7) is 1.69. The van der Waals surface area contributed by atoms with Crippen molar-refractivity contribution < 1.29 is 14.2 Å². The molecule has 0 saturated carbocycles. The van der Waals surface area contributed by atoms with E-state index in [2.05, 4.69) is 5.92 Å². The van der Waals surface area contributed by atoms with E-state index in [1.807, 2.05) is 24.3 Å². The fourth-order valence-corrected chi connectivity index (χ4v) is 1.59. The van der Waals surface area contributed by atoms with Crippen molar-refractivity contribution >= 4 is 0 Å². The van der Waals surface area contributed by atoms with Crippen LogP contribution in [0.3, 0.4) is 0 Å². The molecule has 0 radical (unpaired) electrons. The molecule has 0 unspecified atom stereocenters. The van der Waals surface area contributed by atoms with Crippen LogP contribution in [0.4, 0.5) is 0 Å². The molecule has 0 spiro atoms. The average molecular weight is 218 g/mol. The quantitative estimate of drug-likeness (QED) is 0.727. The summed E-state index contributed by atoms with van der Waals surface area (Å²) in [7, 11) is 0. The molecule has 0 atom stereocenters. The lowest BCUT2D eigenvalue weighted by molar-refractivity contribution is -0.183. The molecule has 0 aromatic heterocycles. The van der Waals surface area contributed by atoms with Crippen LogP contribution in [0.15, 0.2) is 24.3 Å². The molecule has 84 valence electrons. The van der Waals surface area contributed by atoms with Crippen molar-refractivity contribution in [2.75, 3.05) is 19.8 Å². The van der Waals surface area contributed by atoms with Gasteiger partial charge in [0, 0.05) is 5.56 Å². The zero-order valence-electron chi connectivity index (χ0n) is 9.02. The molecule has 1 aliphatic rings. The summed E-state index contributed by atoms with van der Waals surface area (Å²) >= 11 is 0. The lowest BCUT2D eigenvalue weighted by Gasteiger charge is -2.24. The Morgan fingerprint density at radius 1 is 1.31 bits per heavy atom. The van der Waals surface area contributed by atoms with Crippen LogP contribution in [0.2, 0.25) is 0 Å². The zero-order valence-corrected chi connectivity index (χ0v) is 9.02. The Bertz CT molecular complexity index is 375. The van der Waals surface area contributed by atoms with E-state index < -0.39 is 0 Å². The Balaban J connectivity index is 2.14. The highest BCUT2D eigenvalue weighted by molar-refractivity contribution is 5.34. The lowest BCUT2D eigenvalue weighted by Crippen LogP contribution is -2.18. The summed E-state index contributed by atoms with van der Waals surface area (Å²) in [6.07, 6.45) is 5.77. The van der Waals surface area contributed by atoms with Gasteiger partial charge in [0.25, 0.3) is 0 Å². The molecule has 2 rings (SSSR count). The predicted octanol–water partition coefficient (Wildman–Crippen LogP) is 2.13. The highest BCUT2D eigenvalue weighted by atomic mass is 16.7. The molecule has 0 aliphatic carbocycles. The van der Waals surface area contributed by atoms with Crippen LogP contribution in [-0.4, -0.2) is 19.8 Å². The molecule has 3 nitrogen and oxygen atoms in total. The van der Waals surface area contributed by atoms with Gasteiger partial charge in [0.1, 0.15) is 12.4 Å². The minimum Gasteiger partial charge on any atom is -0.480 e. The third-order valence-corrected chi connectivity index (χ3v) is 2.31. The molecule has 0 amide bonds. The molecular weight excluding hydrogens is 204 g/mol. The van der Waals surface area contributed by atoms with Gasteiger partial charge in [-0.2, -0.15) is 0 Å². The standard InChI is InChI=1S/C13H14O3/c1-2-8-14-12-7-4-3-6-11(12)13-15-9-5-10-16-13/h1,3-4,6-7,13H,5,8-10H2. The van der Waals surface area contributed by atoms with E-state index >= 15 is 0 Å². The Kier molecular flexibility index (Phi) is 3.81. The number of rotatable bonds is 3. The first-order chi connectivity index (χ1) is 7.92. The SMILES string of the molecule is C#CCOc1ccccc1C1OCCCO1. The van der Waals surface area contributed by atoms with E-state index in [9.17, 15) is 0 Å². The van der Waals surface area contributed by atoms with Gasteiger partial charge in [-0.25, -0.2) is 0 Å². The number of terminal acetylenes is 1. The lowest BCUT2D eigenvalue weighted by atomic mass is 10.2. The fraction of sp³-hybridized carbons (Fsp3) is 0.385. The molecule has 0 N–H and O–H groups in total. The summed E-state index contributed by atoms with van der Waals surface area (Å²) in [5, 5.41) is 0. The number of hydrogen-bond donors (Lipinski definition) is 0. The molecule has 1 aliphatic heterocycles. The van der Waals surface area contributed by atoms with Crippen molar-refractivity contribution in [2.24, 2.45) is 0 Å². The molecule has 1 heterocycles. The first-order valence-electron chi connectivity index (χ1n) is 5.30. The van der Waals surface area contributed by atoms with Crippen LogP contribution >= 0.6 is 0 Å². The first-order valence-corrected chi connectivity index (χ1v) is 5.30. The largest absolute Gasteiger partial charge is 0.480 e. The van der Waals surface area contributed by atoms with Gasteiger partial charge in [-0.15, -0.1) is 6.42 Å². The minimum atomic E-state index is -0.331. The molecule has 16 heavy (non-hydrogen) atoms. The van der Waals surface area contributed by atoms with Gasteiger partial charge >= 0.3 is 0 Å². The molecule has 3 heteroatoms. The predicted molar refractivity (Wildman–Crippen MR) is 60.0 cm³/mol. The van der Waals surface area contributed by atoms with Gasteiger partial charge in [0.05, 0.1) is 13.2 Å². The van der Waals surface area contributed by atoms with E-state index in [4.69, 9.17) is 20.6 Å². The summed E-state index contributed by atoms with van der Waals surface area (Å²) in [6, 6.07) is 7.63. The van der Waals surface area contributed by atoms with Gasteiger partial charge in [0.2, 0.25) is 0 Å². The van der Waals surface area contributed by atoms with Gasteiger partial charge in [-0.3, -0.25) is 0 Å². The van der Waals surface area contributed by atoms with Crippen LogP contribution in [0.5, 0.6) is 5.75 Å². The summed E-state index contributed by atoms with van der Waals surface area (Å²) < 4.78 is 16.5. The maximum Gasteiger partial charge on any atom is 0.187 e. The van der Waals surface area contributed by atoms with Gasteiger partial charge in [-0.1, -0.05) is 24.1 Å². The van der Waals surface area contributed by atoms with E-state index in [0.717, 1.165) is 17.7 Å². The molecular formula is C13H14O3. The number of para-hydroxylation sites is 1. The van der Waals surface area contributed by atoms with E-state index in [1.165, 1.54) is 0 Å². The van der Waals surface area contributed by atoms with Gasteiger partial charge in [-0.05, 0) is 12.5 Å². The van der Waals surface area contributed by atoms with Crippen LogP contribution in [0.25, 0.3) is 0 Å². The number of ether oxygens (including phenoxy) is 3. The maximum atomic E-state index is 5.53. The summed E-state index contributed by atoms with van der Waals surface area (Å²) in [5.41, 5.74) is 0.900.